The Hall–Kier alpha value is -2.70. The first-order valence-electron chi connectivity index (χ1n) is 9.23. The molecule has 150 valence electrons. The molecule has 29 heavy (non-hydrogen) atoms. The molecule has 1 fully saturated rings. The quantitative estimate of drug-likeness (QED) is 0.593. The lowest BCUT2D eigenvalue weighted by Gasteiger charge is -2.35. The van der Waals surface area contributed by atoms with Gasteiger partial charge in [-0.3, -0.25) is 4.79 Å². The van der Waals surface area contributed by atoms with E-state index >= 15 is 0 Å². The Morgan fingerprint density at radius 3 is 2.48 bits per heavy atom. The van der Waals surface area contributed by atoms with Crippen LogP contribution in [0.15, 0.2) is 59.1 Å². The van der Waals surface area contributed by atoms with Crippen molar-refractivity contribution in [3.05, 3.63) is 76.0 Å². The second-order valence-corrected chi connectivity index (χ2v) is 7.50. The molecule has 2 aromatic carbocycles. The van der Waals surface area contributed by atoms with Gasteiger partial charge in [0.25, 0.3) is 11.8 Å². The number of carbonyl (C=O) groups is 1. The maximum absolute atomic E-state index is 12.7. The minimum atomic E-state index is -0.194. The van der Waals surface area contributed by atoms with E-state index in [0.29, 0.717) is 48.7 Å². The molecule has 8 heteroatoms. The molecule has 4 rings (SSSR count). The Kier molecular flexibility index (Phi) is 5.92. The maximum atomic E-state index is 12.7. The fraction of sp³-hybridized carbons (Fsp3) is 0.238. The van der Waals surface area contributed by atoms with Gasteiger partial charge in [0.1, 0.15) is 6.61 Å². The highest BCUT2D eigenvalue weighted by molar-refractivity contribution is 6.42. The summed E-state index contributed by atoms with van der Waals surface area (Å²) < 4.78 is 10.8. The molecule has 1 saturated heterocycles. The third-order valence-corrected chi connectivity index (χ3v) is 5.50. The van der Waals surface area contributed by atoms with Crippen molar-refractivity contribution in [3.8, 4) is 5.88 Å². The number of ether oxygens (including phenoxy) is 1. The first-order valence-corrected chi connectivity index (χ1v) is 9.98. The number of rotatable bonds is 5. The lowest BCUT2D eigenvalue weighted by molar-refractivity contribution is 0.0704. The van der Waals surface area contributed by atoms with Crippen LogP contribution in [0.5, 0.6) is 5.88 Å². The number of hydrogen-bond donors (Lipinski definition) is 0. The van der Waals surface area contributed by atoms with E-state index in [-0.39, 0.29) is 11.7 Å². The highest BCUT2D eigenvalue weighted by Crippen LogP contribution is 2.28. The molecule has 1 amide bonds. The molecule has 1 aliphatic heterocycles. The minimum absolute atomic E-state index is 0.177. The standard InChI is InChI=1S/C21H19Cl2N3O3/c22-17-7-6-16(12-18(17)23)25-8-10-26(11-9-25)21(27)19-13-20(24-29-19)28-14-15-4-2-1-3-5-15/h1-7,12-13H,8-11,14H2. The predicted molar refractivity (Wildman–Crippen MR) is 112 cm³/mol. The van der Waals surface area contributed by atoms with Crippen molar-refractivity contribution >= 4 is 34.8 Å². The number of piperazine rings is 1. The second-order valence-electron chi connectivity index (χ2n) is 6.68. The number of nitrogens with zero attached hydrogens (tertiary/aromatic N) is 3. The maximum Gasteiger partial charge on any atom is 0.292 e. The third kappa shape index (κ3) is 4.66. The molecule has 1 aromatic heterocycles. The van der Waals surface area contributed by atoms with Crippen LogP contribution in [0.2, 0.25) is 10.0 Å². The van der Waals surface area contributed by atoms with Crippen molar-refractivity contribution in [2.75, 3.05) is 31.1 Å². The third-order valence-electron chi connectivity index (χ3n) is 4.76. The van der Waals surface area contributed by atoms with Crippen molar-refractivity contribution in [2.24, 2.45) is 0 Å². The van der Waals surface area contributed by atoms with Gasteiger partial charge in [-0.25, -0.2) is 0 Å². The highest BCUT2D eigenvalue weighted by Gasteiger charge is 2.25. The first kappa shape index (κ1) is 19.6. The number of aromatic nitrogens is 1. The van der Waals surface area contributed by atoms with Crippen molar-refractivity contribution in [3.63, 3.8) is 0 Å². The molecule has 6 nitrogen and oxygen atoms in total. The van der Waals surface area contributed by atoms with E-state index in [1.54, 1.807) is 11.0 Å². The van der Waals surface area contributed by atoms with Gasteiger partial charge in [-0.1, -0.05) is 53.5 Å². The van der Waals surface area contributed by atoms with Crippen LogP contribution < -0.4 is 9.64 Å². The van der Waals surface area contributed by atoms with Crippen LogP contribution in [-0.4, -0.2) is 42.1 Å². The van der Waals surface area contributed by atoms with Crippen molar-refractivity contribution in [1.82, 2.24) is 10.1 Å². The molecule has 1 aliphatic rings. The van der Waals surface area contributed by atoms with Gasteiger partial charge in [0.15, 0.2) is 0 Å². The summed E-state index contributed by atoms with van der Waals surface area (Å²) in [5.74, 6) is 0.281. The average Bonchev–Trinajstić information content (AvgIpc) is 3.24. The van der Waals surface area contributed by atoms with Crippen molar-refractivity contribution < 1.29 is 14.1 Å². The number of halogens is 2. The Morgan fingerprint density at radius 1 is 1.00 bits per heavy atom. The number of anilines is 1. The summed E-state index contributed by atoms with van der Waals surface area (Å²) >= 11 is 12.1. The summed E-state index contributed by atoms with van der Waals surface area (Å²) in [7, 11) is 0. The highest BCUT2D eigenvalue weighted by atomic mass is 35.5. The molecular formula is C21H19Cl2N3O3. The molecule has 0 unspecified atom stereocenters. The molecule has 0 aliphatic carbocycles. The van der Waals surface area contributed by atoms with Gasteiger partial charge < -0.3 is 19.1 Å². The van der Waals surface area contributed by atoms with Crippen molar-refractivity contribution in [1.29, 1.82) is 0 Å². The van der Waals surface area contributed by atoms with E-state index < -0.39 is 0 Å². The zero-order valence-electron chi connectivity index (χ0n) is 15.6. The second kappa shape index (κ2) is 8.76. The van der Waals surface area contributed by atoms with E-state index in [4.69, 9.17) is 32.5 Å². The summed E-state index contributed by atoms with van der Waals surface area (Å²) in [6.07, 6.45) is 0. The van der Waals surface area contributed by atoms with Gasteiger partial charge in [-0.05, 0) is 28.9 Å². The van der Waals surface area contributed by atoms with Gasteiger partial charge in [-0.2, -0.15) is 0 Å². The Balaban J connectivity index is 1.32. The summed E-state index contributed by atoms with van der Waals surface area (Å²) in [6, 6.07) is 16.8. The van der Waals surface area contributed by atoms with Crippen LogP contribution in [0.4, 0.5) is 5.69 Å². The number of carbonyl (C=O) groups excluding carboxylic acids is 1. The predicted octanol–water partition coefficient (Wildman–Crippen LogP) is 4.52. The molecular weight excluding hydrogens is 413 g/mol. The van der Waals surface area contributed by atoms with Gasteiger partial charge in [0.05, 0.1) is 16.1 Å². The molecule has 0 N–H and O–H groups in total. The number of amides is 1. The Labute approximate surface area is 178 Å². The zero-order valence-corrected chi connectivity index (χ0v) is 17.1. The molecule has 2 heterocycles. The fourth-order valence-electron chi connectivity index (χ4n) is 3.16. The van der Waals surface area contributed by atoms with E-state index in [1.807, 2.05) is 42.5 Å². The van der Waals surface area contributed by atoms with Crippen LogP contribution in [0.1, 0.15) is 16.1 Å². The molecule has 0 spiro atoms. The summed E-state index contributed by atoms with van der Waals surface area (Å²) in [5, 5.41) is 4.89. The Morgan fingerprint density at radius 2 is 1.76 bits per heavy atom. The Bertz CT molecular complexity index is 986. The van der Waals surface area contributed by atoms with Crippen LogP contribution in [0.3, 0.4) is 0 Å². The lowest BCUT2D eigenvalue weighted by atomic mass is 10.2. The fourth-order valence-corrected chi connectivity index (χ4v) is 3.46. The number of benzene rings is 2. The summed E-state index contributed by atoms with van der Waals surface area (Å²) in [6.45, 7) is 2.88. The zero-order chi connectivity index (χ0) is 20.2. The molecule has 0 bridgehead atoms. The molecule has 0 saturated carbocycles. The largest absolute Gasteiger partial charge is 0.471 e. The molecule has 0 atom stereocenters. The summed E-state index contributed by atoms with van der Waals surface area (Å²) in [4.78, 5) is 16.6. The SMILES string of the molecule is O=C(c1cc(OCc2ccccc2)no1)N1CCN(c2ccc(Cl)c(Cl)c2)CC1. The lowest BCUT2D eigenvalue weighted by Crippen LogP contribution is -2.48. The monoisotopic (exact) mass is 431 g/mol. The van der Waals surface area contributed by atoms with Gasteiger partial charge >= 0.3 is 0 Å². The molecule has 3 aromatic rings. The first-order chi connectivity index (χ1) is 14.1. The number of hydrogen-bond acceptors (Lipinski definition) is 5. The van der Waals surface area contributed by atoms with E-state index in [1.165, 1.54) is 6.07 Å². The minimum Gasteiger partial charge on any atom is -0.471 e. The van der Waals surface area contributed by atoms with E-state index in [9.17, 15) is 4.79 Å². The summed E-state index contributed by atoms with van der Waals surface area (Å²) in [5.41, 5.74) is 2.00. The van der Waals surface area contributed by atoms with Crippen LogP contribution in [0.25, 0.3) is 0 Å². The molecule has 0 radical (unpaired) electrons. The van der Waals surface area contributed by atoms with Gasteiger partial charge in [0, 0.05) is 31.9 Å². The van der Waals surface area contributed by atoms with E-state index in [0.717, 1.165) is 11.3 Å². The normalized spacial score (nSPS) is 14.1. The van der Waals surface area contributed by atoms with Gasteiger partial charge in [0.2, 0.25) is 5.76 Å². The smallest absolute Gasteiger partial charge is 0.292 e. The topological polar surface area (TPSA) is 58.8 Å². The van der Waals surface area contributed by atoms with Crippen LogP contribution in [-0.2, 0) is 6.61 Å². The van der Waals surface area contributed by atoms with Crippen LogP contribution >= 0.6 is 23.2 Å². The average molecular weight is 432 g/mol. The van der Waals surface area contributed by atoms with Crippen LogP contribution in [0, 0.1) is 0 Å². The van der Waals surface area contributed by atoms with Gasteiger partial charge in [-0.15, -0.1) is 0 Å². The van der Waals surface area contributed by atoms with E-state index in [2.05, 4.69) is 10.1 Å². The van der Waals surface area contributed by atoms with Crippen molar-refractivity contribution in [2.45, 2.75) is 6.61 Å².